The second-order valence-electron chi connectivity index (χ2n) is 6.07. The number of hydrogen-bond donors (Lipinski definition) is 1. The zero-order valence-electron chi connectivity index (χ0n) is 15.1. The fraction of sp³-hybridized carbons (Fsp3) is 0.235. The van der Waals surface area contributed by atoms with Crippen LogP contribution in [0.3, 0.4) is 0 Å². The van der Waals surface area contributed by atoms with Crippen LogP contribution >= 0.6 is 23.2 Å². The van der Waals surface area contributed by atoms with Gasteiger partial charge in [0, 0.05) is 18.3 Å². The Morgan fingerprint density at radius 2 is 1.79 bits per heavy atom. The van der Waals surface area contributed by atoms with Gasteiger partial charge in [0.05, 0.1) is 27.2 Å². The monoisotopic (exact) mass is 441 g/mol. The molecule has 0 radical (unpaired) electrons. The Morgan fingerprint density at radius 3 is 2.43 bits per heavy atom. The minimum absolute atomic E-state index is 0.0152. The molecule has 0 bridgehead atoms. The van der Waals surface area contributed by atoms with E-state index in [1.54, 1.807) is 10.7 Å². The van der Waals surface area contributed by atoms with Crippen molar-refractivity contribution in [2.75, 3.05) is 6.54 Å². The zero-order valence-corrected chi connectivity index (χ0v) is 17.4. The number of halogens is 2. The van der Waals surface area contributed by atoms with Crippen LogP contribution in [0.5, 0.6) is 0 Å². The predicted octanol–water partition coefficient (Wildman–Crippen LogP) is 2.33. The van der Waals surface area contributed by atoms with Crippen molar-refractivity contribution in [3.63, 3.8) is 0 Å². The zero-order chi connectivity index (χ0) is 20.5. The molecule has 0 aliphatic carbocycles. The normalized spacial score (nSPS) is 11.7. The Morgan fingerprint density at radius 1 is 1.04 bits per heavy atom. The van der Waals surface area contributed by atoms with Crippen molar-refractivity contribution in [2.24, 2.45) is 0 Å². The van der Waals surface area contributed by atoms with Gasteiger partial charge in [-0.05, 0) is 44.2 Å². The molecule has 2 aromatic heterocycles. The number of aryl methyl sites for hydroxylation is 2. The van der Waals surface area contributed by atoms with E-state index < -0.39 is 10.0 Å². The largest absolute Gasteiger partial charge is 0.268 e. The molecule has 3 aromatic rings. The van der Waals surface area contributed by atoms with Gasteiger partial charge in [0.25, 0.3) is 5.56 Å². The summed E-state index contributed by atoms with van der Waals surface area (Å²) in [5.41, 5.74) is 1.35. The van der Waals surface area contributed by atoms with Gasteiger partial charge in [0.1, 0.15) is 0 Å². The van der Waals surface area contributed by atoms with Crippen LogP contribution in [0.4, 0.5) is 0 Å². The Balaban J connectivity index is 1.75. The third-order valence-corrected chi connectivity index (χ3v) is 6.09. The molecule has 3 rings (SSSR count). The first-order valence-corrected chi connectivity index (χ1v) is 10.5. The number of hydrogen-bond acceptors (Lipinski definition) is 5. The van der Waals surface area contributed by atoms with Crippen LogP contribution in [0.25, 0.3) is 5.82 Å². The first-order valence-electron chi connectivity index (χ1n) is 8.24. The van der Waals surface area contributed by atoms with Crippen LogP contribution in [0, 0.1) is 13.8 Å². The summed E-state index contributed by atoms with van der Waals surface area (Å²) in [4.78, 5) is 12.0. The minimum Gasteiger partial charge on any atom is -0.268 e. The molecule has 2 heterocycles. The lowest BCUT2D eigenvalue weighted by Gasteiger charge is -2.10. The smallest absolute Gasteiger partial charge is 0.266 e. The van der Waals surface area contributed by atoms with Crippen molar-refractivity contribution in [1.82, 2.24) is 24.3 Å². The molecule has 0 spiro atoms. The number of benzene rings is 1. The van der Waals surface area contributed by atoms with Crippen molar-refractivity contribution < 1.29 is 8.42 Å². The lowest BCUT2D eigenvalue weighted by Crippen LogP contribution is -2.32. The van der Waals surface area contributed by atoms with Crippen molar-refractivity contribution in [2.45, 2.75) is 25.3 Å². The molecule has 1 N–H and O–H groups in total. The fourth-order valence-corrected chi connectivity index (χ4v) is 4.00. The van der Waals surface area contributed by atoms with Gasteiger partial charge in [-0.25, -0.2) is 22.5 Å². The van der Waals surface area contributed by atoms with Gasteiger partial charge in [-0.2, -0.15) is 5.10 Å². The van der Waals surface area contributed by atoms with E-state index in [9.17, 15) is 13.2 Å². The van der Waals surface area contributed by atoms with Crippen molar-refractivity contribution >= 4 is 33.2 Å². The summed E-state index contributed by atoms with van der Waals surface area (Å²) >= 11 is 11.7. The summed E-state index contributed by atoms with van der Waals surface area (Å²) in [5, 5.41) is 9.00. The van der Waals surface area contributed by atoms with Crippen LogP contribution in [0.2, 0.25) is 10.0 Å². The fourth-order valence-electron chi connectivity index (χ4n) is 2.59. The maximum atomic E-state index is 12.4. The van der Waals surface area contributed by atoms with Gasteiger partial charge in [0.2, 0.25) is 10.0 Å². The molecule has 0 unspecified atom stereocenters. The summed E-state index contributed by atoms with van der Waals surface area (Å²) in [6.45, 7) is 3.75. The van der Waals surface area contributed by atoms with Crippen molar-refractivity contribution in [3.05, 3.63) is 68.2 Å². The maximum Gasteiger partial charge on any atom is 0.266 e. The van der Waals surface area contributed by atoms with Crippen molar-refractivity contribution in [1.29, 1.82) is 0 Å². The van der Waals surface area contributed by atoms with Gasteiger partial charge < -0.3 is 0 Å². The van der Waals surface area contributed by atoms with Gasteiger partial charge >= 0.3 is 0 Å². The van der Waals surface area contributed by atoms with Crippen LogP contribution in [0.1, 0.15) is 11.4 Å². The van der Waals surface area contributed by atoms with E-state index in [-0.39, 0.29) is 33.6 Å². The van der Waals surface area contributed by atoms with Gasteiger partial charge in [-0.15, -0.1) is 5.10 Å². The highest BCUT2D eigenvalue weighted by Crippen LogP contribution is 2.24. The molecular weight excluding hydrogens is 425 g/mol. The van der Waals surface area contributed by atoms with Crippen LogP contribution in [-0.4, -0.2) is 34.5 Å². The van der Waals surface area contributed by atoms with E-state index in [0.29, 0.717) is 5.82 Å². The van der Waals surface area contributed by atoms with Crippen LogP contribution in [-0.2, 0) is 16.6 Å². The molecule has 28 heavy (non-hydrogen) atoms. The number of sulfonamides is 1. The minimum atomic E-state index is -3.80. The average molecular weight is 442 g/mol. The lowest BCUT2D eigenvalue weighted by molar-refractivity contribution is 0.541. The number of aromatic nitrogens is 4. The summed E-state index contributed by atoms with van der Waals surface area (Å²) < 4.78 is 30.0. The summed E-state index contributed by atoms with van der Waals surface area (Å²) in [7, 11) is -3.80. The number of nitrogens with one attached hydrogen (secondary N) is 1. The molecule has 0 saturated carbocycles. The van der Waals surface area contributed by atoms with E-state index in [0.717, 1.165) is 11.4 Å². The van der Waals surface area contributed by atoms with E-state index >= 15 is 0 Å². The Labute approximate surface area is 171 Å². The molecule has 11 heteroatoms. The number of nitrogens with zero attached hydrogens (tertiary/aromatic N) is 4. The van der Waals surface area contributed by atoms with Gasteiger partial charge in [-0.1, -0.05) is 23.2 Å². The van der Waals surface area contributed by atoms with Crippen molar-refractivity contribution in [3.8, 4) is 5.82 Å². The molecular formula is C17H17Cl2N5O3S. The molecule has 0 aliphatic heterocycles. The molecule has 1 aromatic carbocycles. The third kappa shape index (κ3) is 4.44. The SMILES string of the molecule is Cc1cc(C)n(-c2ccc(=O)n(CCNS(=O)(=O)c3ccc(Cl)c(Cl)c3)n2)n1. The number of rotatable bonds is 6. The molecule has 0 amide bonds. The lowest BCUT2D eigenvalue weighted by atomic mass is 10.4. The molecule has 0 fully saturated rings. The van der Waals surface area contributed by atoms with E-state index in [1.165, 1.54) is 28.9 Å². The summed E-state index contributed by atoms with van der Waals surface area (Å²) in [6, 6.07) is 8.85. The van der Waals surface area contributed by atoms with Crippen LogP contribution < -0.4 is 10.3 Å². The summed E-state index contributed by atoms with van der Waals surface area (Å²) in [6.07, 6.45) is 0. The summed E-state index contributed by atoms with van der Waals surface area (Å²) in [5.74, 6) is 0.470. The second kappa shape index (κ2) is 8.04. The molecule has 0 saturated heterocycles. The highest BCUT2D eigenvalue weighted by Gasteiger charge is 2.15. The topological polar surface area (TPSA) is 98.9 Å². The Bertz CT molecular complexity index is 1190. The Hall–Kier alpha value is -2.20. The maximum absolute atomic E-state index is 12.4. The molecule has 0 atom stereocenters. The quantitative estimate of drug-likeness (QED) is 0.632. The first kappa shape index (κ1) is 20.5. The first-order chi connectivity index (χ1) is 13.2. The predicted molar refractivity (Wildman–Crippen MR) is 107 cm³/mol. The highest BCUT2D eigenvalue weighted by atomic mass is 35.5. The molecule has 148 valence electrons. The second-order valence-corrected chi connectivity index (χ2v) is 8.65. The third-order valence-electron chi connectivity index (χ3n) is 3.90. The van der Waals surface area contributed by atoms with Gasteiger partial charge in [-0.3, -0.25) is 4.79 Å². The average Bonchev–Trinajstić information content (AvgIpc) is 2.97. The van der Waals surface area contributed by atoms with Crippen LogP contribution in [0.15, 0.2) is 46.1 Å². The van der Waals surface area contributed by atoms with Gasteiger partial charge in [0.15, 0.2) is 5.82 Å². The molecule has 8 nitrogen and oxygen atoms in total. The van der Waals surface area contributed by atoms with E-state index in [4.69, 9.17) is 23.2 Å². The molecule has 0 aliphatic rings. The standard InChI is InChI=1S/C17H17Cl2N5O3S/c1-11-9-12(2)24(21-11)16-5-6-17(25)23(22-16)8-7-20-28(26,27)13-3-4-14(18)15(19)10-13/h3-6,9-10,20H,7-8H2,1-2H3. The highest BCUT2D eigenvalue weighted by molar-refractivity contribution is 7.89. The Kier molecular flexibility index (Phi) is 5.90. The van der Waals surface area contributed by atoms with E-state index in [2.05, 4.69) is 14.9 Å². The van der Waals surface area contributed by atoms with E-state index in [1.807, 2.05) is 19.9 Å².